The minimum Gasteiger partial charge on any atom is -0.507 e. The lowest BCUT2D eigenvalue weighted by molar-refractivity contribution is 0.102. The van der Waals surface area contributed by atoms with Gasteiger partial charge in [0, 0.05) is 11.5 Å². The number of aromatic hydroxyl groups is 1. The number of anilines is 1. The number of hydrogen-bond donors (Lipinski definition) is 3. The van der Waals surface area contributed by atoms with Gasteiger partial charge in [-0.25, -0.2) is 0 Å². The second-order valence-corrected chi connectivity index (χ2v) is 7.21. The van der Waals surface area contributed by atoms with E-state index in [1.807, 2.05) is 39.8 Å². The van der Waals surface area contributed by atoms with Gasteiger partial charge in [-0.05, 0) is 37.1 Å². The van der Waals surface area contributed by atoms with E-state index >= 15 is 0 Å². The standard InChI is InChI=1S/C17H19N5O2S/c1-8(2)16-21-22-17(25-16)18-15(24)13-7-12(19-20-13)11-6-9(3)5-10(4)14(11)23/h5-8,23H,1-4H3,(H,19,20)(H,18,22,24). The molecule has 0 spiro atoms. The van der Waals surface area contributed by atoms with Gasteiger partial charge in [0.05, 0.1) is 5.69 Å². The summed E-state index contributed by atoms with van der Waals surface area (Å²) in [6, 6.07) is 5.33. The first kappa shape index (κ1) is 17.1. The van der Waals surface area contributed by atoms with Crippen molar-refractivity contribution in [3.05, 3.63) is 40.0 Å². The highest BCUT2D eigenvalue weighted by Gasteiger charge is 2.17. The van der Waals surface area contributed by atoms with Crippen molar-refractivity contribution in [2.45, 2.75) is 33.6 Å². The molecule has 0 aliphatic carbocycles. The van der Waals surface area contributed by atoms with Gasteiger partial charge in [0.15, 0.2) is 0 Å². The van der Waals surface area contributed by atoms with Gasteiger partial charge in [0.25, 0.3) is 5.91 Å². The number of carbonyl (C=O) groups is 1. The largest absolute Gasteiger partial charge is 0.507 e. The van der Waals surface area contributed by atoms with E-state index in [1.54, 1.807) is 6.07 Å². The summed E-state index contributed by atoms with van der Waals surface area (Å²) in [4.78, 5) is 12.4. The Morgan fingerprint density at radius 1 is 1.24 bits per heavy atom. The number of benzene rings is 1. The number of phenols is 1. The van der Waals surface area contributed by atoms with Crippen LogP contribution in [0.4, 0.5) is 5.13 Å². The number of hydrogen-bond acceptors (Lipinski definition) is 6. The minimum absolute atomic E-state index is 0.162. The summed E-state index contributed by atoms with van der Waals surface area (Å²) in [5.41, 5.74) is 3.16. The molecule has 0 unspecified atom stereocenters. The van der Waals surface area contributed by atoms with Crippen molar-refractivity contribution in [2.24, 2.45) is 0 Å². The Bertz CT molecular complexity index is 929. The van der Waals surface area contributed by atoms with E-state index in [1.165, 1.54) is 11.3 Å². The Balaban J connectivity index is 1.82. The van der Waals surface area contributed by atoms with Crippen LogP contribution in [0.1, 0.15) is 46.4 Å². The summed E-state index contributed by atoms with van der Waals surface area (Å²) in [6.07, 6.45) is 0. The topological polar surface area (TPSA) is 104 Å². The number of rotatable bonds is 4. The number of H-pyrrole nitrogens is 1. The van der Waals surface area contributed by atoms with Crippen LogP contribution in [-0.2, 0) is 0 Å². The first-order valence-electron chi connectivity index (χ1n) is 7.86. The zero-order valence-electron chi connectivity index (χ0n) is 14.4. The predicted molar refractivity (Wildman–Crippen MR) is 97.1 cm³/mol. The van der Waals surface area contributed by atoms with Crippen LogP contribution in [0.5, 0.6) is 5.75 Å². The van der Waals surface area contributed by atoms with Crippen molar-refractivity contribution in [2.75, 3.05) is 5.32 Å². The summed E-state index contributed by atoms with van der Waals surface area (Å²) in [5, 5.41) is 29.1. The van der Waals surface area contributed by atoms with Crippen LogP contribution in [0, 0.1) is 13.8 Å². The van der Waals surface area contributed by atoms with Gasteiger partial charge < -0.3 is 5.11 Å². The number of phenolic OH excluding ortho intramolecular Hbond substituents is 1. The Morgan fingerprint density at radius 2 is 2.00 bits per heavy atom. The molecular weight excluding hydrogens is 338 g/mol. The molecule has 3 rings (SSSR count). The molecule has 0 radical (unpaired) electrons. The van der Waals surface area contributed by atoms with E-state index < -0.39 is 0 Å². The molecule has 1 aromatic carbocycles. The van der Waals surface area contributed by atoms with Crippen molar-refractivity contribution in [1.29, 1.82) is 0 Å². The number of carbonyl (C=O) groups excluding carboxylic acids is 1. The van der Waals surface area contributed by atoms with E-state index in [4.69, 9.17) is 0 Å². The molecule has 8 heteroatoms. The van der Waals surface area contributed by atoms with Crippen molar-refractivity contribution in [1.82, 2.24) is 20.4 Å². The lowest BCUT2D eigenvalue weighted by Crippen LogP contribution is -2.12. The molecule has 2 aromatic heterocycles. The summed E-state index contributed by atoms with van der Waals surface area (Å²) in [7, 11) is 0. The molecule has 0 aliphatic rings. The SMILES string of the molecule is Cc1cc(C)c(O)c(-c2cc(C(=O)Nc3nnc(C(C)C)s3)[nH]n2)c1. The molecule has 0 saturated heterocycles. The summed E-state index contributed by atoms with van der Waals surface area (Å²) in [5.74, 6) is 0.0678. The average molecular weight is 357 g/mol. The van der Waals surface area contributed by atoms with Gasteiger partial charge in [0.2, 0.25) is 5.13 Å². The molecule has 25 heavy (non-hydrogen) atoms. The number of amides is 1. The summed E-state index contributed by atoms with van der Waals surface area (Å²) < 4.78 is 0. The Morgan fingerprint density at radius 3 is 2.68 bits per heavy atom. The molecule has 0 saturated carbocycles. The number of nitrogens with one attached hydrogen (secondary N) is 2. The second kappa shape index (κ2) is 6.64. The molecular formula is C17H19N5O2S. The molecule has 2 heterocycles. The van der Waals surface area contributed by atoms with Gasteiger partial charge in [-0.1, -0.05) is 31.3 Å². The van der Waals surface area contributed by atoms with E-state index in [-0.39, 0.29) is 23.3 Å². The normalized spacial score (nSPS) is 11.1. The van der Waals surface area contributed by atoms with Crippen LogP contribution in [0.2, 0.25) is 0 Å². The average Bonchev–Trinajstić information content (AvgIpc) is 3.20. The highest BCUT2D eigenvalue weighted by Crippen LogP contribution is 2.32. The highest BCUT2D eigenvalue weighted by molar-refractivity contribution is 7.15. The molecule has 130 valence electrons. The van der Waals surface area contributed by atoms with E-state index in [0.717, 1.165) is 16.1 Å². The van der Waals surface area contributed by atoms with Crippen molar-refractivity contribution < 1.29 is 9.90 Å². The zero-order valence-corrected chi connectivity index (χ0v) is 15.2. The number of nitrogens with zero attached hydrogens (tertiary/aromatic N) is 3. The lowest BCUT2D eigenvalue weighted by atomic mass is 10.0. The van der Waals surface area contributed by atoms with Gasteiger partial charge in [-0.15, -0.1) is 10.2 Å². The molecule has 7 nitrogen and oxygen atoms in total. The fourth-order valence-corrected chi connectivity index (χ4v) is 3.15. The number of aromatic nitrogens is 4. The molecule has 3 aromatic rings. The van der Waals surface area contributed by atoms with Crippen molar-refractivity contribution in [3.63, 3.8) is 0 Å². The fraction of sp³-hybridized carbons (Fsp3) is 0.294. The summed E-state index contributed by atoms with van der Waals surface area (Å²) in [6.45, 7) is 7.80. The monoisotopic (exact) mass is 357 g/mol. The summed E-state index contributed by atoms with van der Waals surface area (Å²) >= 11 is 1.35. The van der Waals surface area contributed by atoms with Gasteiger partial charge in [0.1, 0.15) is 16.5 Å². The second-order valence-electron chi connectivity index (χ2n) is 6.20. The molecule has 0 bridgehead atoms. The first-order chi connectivity index (χ1) is 11.8. The lowest BCUT2D eigenvalue weighted by Gasteiger charge is -2.06. The predicted octanol–water partition coefficient (Wildman–Crippen LogP) is 3.63. The van der Waals surface area contributed by atoms with Gasteiger partial charge in [-0.3, -0.25) is 15.2 Å². The van der Waals surface area contributed by atoms with E-state index in [0.29, 0.717) is 16.4 Å². The Kier molecular flexibility index (Phi) is 4.54. The third-order valence-corrected chi connectivity index (χ3v) is 4.84. The highest BCUT2D eigenvalue weighted by atomic mass is 32.1. The molecule has 3 N–H and O–H groups in total. The zero-order chi connectivity index (χ0) is 18.1. The third kappa shape index (κ3) is 3.53. The van der Waals surface area contributed by atoms with Crippen LogP contribution in [0.3, 0.4) is 0 Å². The van der Waals surface area contributed by atoms with Crippen LogP contribution in [-0.4, -0.2) is 31.4 Å². The van der Waals surface area contributed by atoms with Gasteiger partial charge in [-0.2, -0.15) is 5.10 Å². The quantitative estimate of drug-likeness (QED) is 0.661. The van der Waals surface area contributed by atoms with E-state index in [9.17, 15) is 9.90 Å². The van der Waals surface area contributed by atoms with Crippen LogP contribution in [0.15, 0.2) is 18.2 Å². The number of aryl methyl sites for hydroxylation is 2. The minimum atomic E-state index is -0.353. The maximum absolute atomic E-state index is 12.4. The van der Waals surface area contributed by atoms with Gasteiger partial charge >= 0.3 is 0 Å². The van der Waals surface area contributed by atoms with Crippen LogP contribution < -0.4 is 5.32 Å². The maximum atomic E-state index is 12.4. The van der Waals surface area contributed by atoms with E-state index in [2.05, 4.69) is 25.7 Å². The molecule has 0 atom stereocenters. The van der Waals surface area contributed by atoms with Crippen molar-refractivity contribution in [3.8, 4) is 17.0 Å². The molecule has 0 aliphatic heterocycles. The molecule has 1 amide bonds. The Labute approximate surface area is 149 Å². The Hall–Kier alpha value is -2.74. The van der Waals surface area contributed by atoms with Crippen molar-refractivity contribution >= 4 is 22.4 Å². The maximum Gasteiger partial charge on any atom is 0.275 e. The first-order valence-corrected chi connectivity index (χ1v) is 8.67. The van der Waals surface area contributed by atoms with Crippen LogP contribution >= 0.6 is 11.3 Å². The van der Waals surface area contributed by atoms with Crippen LogP contribution in [0.25, 0.3) is 11.3 Å². The smallest absolute Gasteiger partial charge is 0.275 e. The number of aromatic amines is 1. The third-order valence-electron chi connectivity index (χ3n) is 3.70. The fourth-order valence-electron chi connectivity index (χ4n) is 2.41. The molecule has 0 fully saturated rings.